The smallest absolute Gasteiger partial charge is 0.256 e. The van der Waals surface area contributed by atoms with Crippen molar-refractivity contribution in [2.75, 3.05) is 0 Å². The van der Waals surface area contributed by atoms with E-state index in [2.05, 4.69) is 10.2 Å². The third-order valence-electron chi connectivity index (χ3n) is 2.41. The summed E-state index contributed by atoms with van der Waals surface area (Å²) in [6, 6.07) is 5.37. The van der Waals surface area contributed by atoms with Crippen LogP contribution in [0.25, 0.3) is 0 Å². The first-order valence-corrected chi connectivity index (χ1v) is 6.53. The molecule has 9 heteroatoms. The summed E-state index contributed by atoms with van der Waals surface area (Å²) in [7, 11) is -3.98. The van der Waals surface area contributed by atoms with Crippen molar-refractivity contribution in [3.63, 3.8) is 0 Å². The van der Waals surface area contributed by atoms with Crippen LogP contribution in [0.2, 0.25) is 0 Å². The van der Waals surface area contributed by atoms with Crippen LogP contribution >= 0.6 is 0 Å². The lowest BCUT2D eigenvalue weighted by Crippen LogP contribution is -2.31. The highest BCUT2D eigenvalue weighted by Gasteiger charge is 2.24. The summed E-state index contributed by atoms with van der Waals surface area (Å²) < 4.78 is 23.2. The molecule has 19 heavy (non-hydrogen) atoms. The summed E-state index contributed by atoms with van der Waals surface area (Å²) in [6.45, 7) is 0. The average Bonchev–Trinajstić information content (AvgIpc) is 2.89. The summed E-state index contributed by atoms with van der Waals surface area (Å²) in [5, 5.41) is 15.0. The molecule has 1 aromatic carbocycles. The Hall–Kier alpha value is -2.23. The van der Waals surface area contributed by atoms with E-state index >= 15 is 0 Å². The predicted molar refractivity (Wildman–Crippen MR) is 64.6 cm³/mol. The van der Waals surface area contributed by atoms with E-state index in [1.807, 2.05) is 0 Å². The second kappa shape index (κ2) is 4.80. The number of hydrogen-bond donors (Lipinski definition) is 4. The van der Waals surface area contributed by atoms with Crippen molar-refractivity contribution in [1.82, 2.24) is 15.0 Å². The Kier molecular flexibility index (Phi) is 3.34. The summed E-state index contributed by atoms with van der Waals surface area (Å²) >= 11 is 0. The number of ketones is 1. The lowest BCUT2D eigenvalue weighted by molar-refractivity contribution is 0.103. The molecule has 0 unspecified atom stereocenters. The quantitative estimate of drug-likeness (QED) is 0.339. The fourth-order valence-electron chi connectivity index (χ4n) is 1.46. The van der Waals surface area contributed by atoms with Crippen molar-refractivity contribution >= 4 is 15.8 Å². The topological polar surface area (TPSA) is 138 Å². The van der Waals surface area contributed by atoms with Gasteiger partial charge in [0, 0.05) is 5.56 Å². The van der Waals surface area contributed by atoms with Gasteiger partial charge in [-0.3, -0.25) is 15.7 Å². The molecule has 0 atom stereocenters. The lowest BCUT2D eigenvalue weighted by atomic mass is 10.1. The number of nitrogens with two attached hydrogens (primary N) is 1. The van der Waals surface area contributed by atoms with Crippen LogP contribution in [0, 0.1) is 0 Å². The van der Waals surface area contributed by atoms with Gasteiger partial charge in [-0.05, 0) is 24.3 Å². The van der Waals surface area contributed by atoms with Gasteiger partial charge in [-0.25, -0.2) is 8.42 Å². The molecule has 8 nitrogen and oxygen atoms in total. The van der Waals surface area contributed by atoms with Crippen molar-refractivity contribution in [3.05, 3.63) is 41.7 Å². The van der Waals surface area contributed by atoms with Gasteiger partial charge in [0.1, 0.15) is 16.3 Å². The van der Waals surface area contributed by atoms with Crippen LogP contribution in [0.1, 0.15) is 16.1 Å². The van der Waals surface area contributed by atoms with Crippen LogP contribution in [0.5, 0.6) is 5.75 Å². The molecule has 1 aromatic heterocycles. The fourth-order valence-corrected chi connectivity index (χ4v) is 2.19. The highest BCUT2D eigenvalue weighted by molar-refractivity contribution is 7.89. The van der Waals surface area contributed by atoms with Crippen LogP contribution in [-0.4, -0.2) is 29.5 Å². The molecule has 0 aliphatic rings. The third-order valence-corrected chi connectivity index (χ3v) is 3.60. The number of phenols is 1. The number of hydrazine groups is 1. The van der Waals surface area contributed by atoms with Crippen LogP contribution < -0.4 is 10.7 Å². The Morgan fingerprint density at radius 3 is 2.53 bits per heavy atom. The van der Waals surface area contributed by atoms with Crippen molar-refractivity contribution in [3.8, 4) is 5.75 Å². The Morgan fingerprint density at radius 2 is 1.95 bits per heavy atom. The zero-order chi connectivity index (χ0) is 14.0. The maximum Gasteiger partial charge on any atom is 0.256 e. The van der Waals surface area contributed by atoms with Crippen LogP contribution in [-0.2, 0) is 10.0 Å². The Bertz CT molecular complexity index is 705. The van der Waals surface area contributed by atoms with Gasteiger partial charge in [0.25, 0.3) is 10.0 Å². The van der Waals surface area contributed by atoms with Crippen molar-refractivity contribution < 1.29 is 18.3 Å². The predicted octanol–water partition coefficient (Wildman–Crippen LogP) is -0.502. The zero-order valence-electron chi connectivity index (χ0n) is 9.49. The van der Waals surface area contributed by atoms with Gasteiger partial charge in [0.15, 0.2) is 0 Å². The minimum atomic E-state index is -3.98. The van der Waals surface area contributed by atoms with Crippen molar-refractivity contribution in [1.29, 1.82) is 0 Å². The molecule has 0 fully saturated rings. The van der Waals surface area contributed by atoms with E-state index in [1.54, 1.807) is 4.83 Å². The summed E-state index contributed by atoms with van der Waals surface area (Å²) in [5.74, 6) is 4.32. The molecule has 0 bridgehead atoms. The minimum absolute atomic E-state index is 0.00219. The van der Waals surface area contributed by atoms with E-state index in [0.29, 0.717) is 0 Å². The number of aromatic nitrogens is 2. The molecule has 100 valence electrons. The van der Waals surface area contributed by atoms with E-state index in [9.17, 15) is 13.2 Å². The molecular formula is C10H10N4O4S. The summed E-state index contributed by atoms with van der Waals surface area (Å²) in [6.07, 6.45) is 0.989. The Labute approximate surface area is 108 Å². The SMILES string of the molecule is NNS(=O)(=O)c1cn[nH]c1C(=O)c1ccc(O)cc1. The maximum absolute atomic E-state index is 12.1. The number of aromatic amines is 1. The third kappa shape index (κ3) is 2.47. The van der Waals surface area contributed by atoms with Gasteiger partial charge in [0.2, 0.25) is 5.78 Å². The second-order valence-corrected chi connectivity index (χ2v) is 5.29. The number of hydrogen-bond acceptors (Lipinski definition) is 6. The molecule has 0 saturated carbocycles. The van der Waals surface area contributed by atoms with E-state index in [0.717, 1.165) is 6.20 Å². The molecule has 0 spiro atoms. The van der Waals surface area contributed by atoms with Crippen LogP contribution in [0.3, 0.4) is 0 Å². The monoisotopic (exact) mass is 282 g/mol. The number of rotatable bonds is 4. The molecule has 0 aliphatic heterocycles. The fraction of sp³-hybridized carbons (Fsp3) is 0. The molecule has 2 aromatic rings. The van der Waals surface area contributed by atoms with Crippen LogP contribution in [0.4, 0.5) is 0 Å². The zero-order valence-corrected chi connectivity index (χ0v) is 10.3. The van der Waals surface area contributed by atoms with Gasteiger partial charge in [-0.2, -0.15) is 5.10 Å². The molecule has 0 radical (unpaired) electrons. The first-order chi connectivity index (χ1) is 8.95. The molecule has 0 aliphatic carbocycles. The average molecular weight is 282 g/mol. The Morgan fingerprint density at radius 1 is 1.32 bits per heavy atom. The maximum atomic E-state index is 12.1. The normalized spacial score (nSPS) is 11.4. The number of H-pyrrole nitrogens is 1. The number of phenolic OH excluding ortho intramolecular Hbond substituents is 1. The molecular weight excluding hydrogens is 272 g/mol. The largest absolute Gasteiger partial charge is 0.508 e. The van der Waals surface area contributed by atoms with E-state index < -0.39 is 15.8 Å². The van der Waals surface area contributed by atoms with Gasteiger partial charge in [0.05, 0.1) is 6.20 Å². The Balaban J connectivity index is 2.46. The van der Waals surface area contributed by atoms with Crippen molar-refractivity contribution in [2.24, 2.45) is 5.84 Å². The molecule has 5 N–H and O–H groups in total. The minimum Gasteiger partial charge on any atom is -0.508 e. The number of sulfonamides is 1. The van der Waals surface area contributed by atoms with Crippen molar-refractivity contribution in [2.45, 2.75) is 4.90 Å². The molecule has 0 amide bonds. The van der Waals surface area contributed by atoms with E-state index in [-0.39, 0.29) is 21.9 Å². The van der Waals surface area contributed by atoms with Gasteiger partial charge in [-0.1, -0.05) is 0 Å². The summed E-state index contributed by atoms with van der Waals surface area (Å²) in [4.78, 5) is 13.4. The van der Waals surface area contributed by atoms with Gasteiger partial charge in [-0.15, -0.1) is 4.83 Å². The highest BCUT2D eigenvalue weighted by Crippen LogP contribution is 2.18. The lowest BCUT2D eigenvalue weighted by Gasteiger charge is -2.03. The first-order valence-electron chi connectivity index (χ1n) is 5.05. The number of carbonyl (C=O) groups excluding carboxylic acids is 1. The molecule has 0 saturated heterocycles. The van der Waals surface area contributed by atoms with Gasteiger partial charge < -0.3 is 5.11 Å². The first kappa shape index (κ1) is 13.2. The number of aromatic hydroxyl groups is 1. The molecule has 2 rings (SSSR count). The number of nitrogens with zero attached hydrogens (tertiary/aromatic N) is 1. The number of carbonyl (C=O) groups is 1. The molecule has 1 heterocycles. The van der Waals surface area contributed by atoms with E-state index in [1.165, 1.54) is 24.3 Å². The van der Waals surface area contributed by atoms with E-state index in [4.69, 9.17) is 10.9 Å². The summed E-state index contributed by atoms with van der Waals surface area (Å²) in [5.41, 5.74) is -0.000777. The number of benzene rings is 1. The van der Waals surface area contributed by atoms with Gasteiger partial charge >= 0.3 is 0 Å². The van der Waals surface area contributed by atoms with Crippen LogP contribution in [0.15, 0.2) is 35.4 Å². The highest BCUT2D eigenvalue weighted by atomic mass is 32.2. The second-order valence-electron chi connectivity index (χ2n) is 3.61. The number of nitrogens with one attached hydrogen (secondary N) is 2. The standard InChI is InChI=1S/C10H10N4O4S/c11-14-19(17,18)8-5-12-13-9(8)10(16)6-1-3-7(15)4-2-6/h1-5,14-15H,11H2,(H,12,13).